The Morgan fingerprint density at radius 1 is 1.29 bits per heavy atom. The number of hydrogen-bond acceptors (Lipinski definition) is 4. The summed E-state index contributed by atoms with van der Waals surface area (Å²) < 4.78 is 0. The molecule has 0 aliphatic heterocycles. The van der Waals surface area contributed by atoms with Gasteiger partial charge in [-0.05, 0) is 0 Å². The molecule has 0 radical (unpaired) electrons. The summed E-state index contributed by atoms with van der Waals surface area (Å²) in [5, 5.41) is 3.36. The lowest BCUT2D eigenvalue weighted by molar-refractivity contribution is 0.545. The van der Waals surface area contributed by atoms with Gasteiger partial charge in [0, 0.05) is 17.8 Å². The maximum absolute atomic E-state index is 5.50. The van der Waals surface area contributed by atoms with E-state index in [1.54, 1.807) is 12.4 Å². The minimum Gasteiger partial charge on any atom is -0.382 e. The van der Waals surface area contributed by atoms with Gasteiger partial charge in [-0.25, -0.2) is 9.97 Å². The number of amidine groups is 1. The standard InChI is InChI=1S/C9H15N5/c1-9(2,3)8-12-4-6(5-13-8)7(10)14-11/h4-5H,11H2,1-3H3,(H2,10,14). The van der Waals surface area contributed by atoms with E-state index in [-0.39, 0.29) is 11.3 Å². The first-order chi connectivity index (χ1) is 6.45. The van der Waals surface area contributed by atoms with Crippen LogP contribution in [0.25, 0.3) is 0 Å². The Bertz CT molecular complexity index is 333. The fraction of sp³-hybridized carbons (Fsp3) is 0.444. The highest BCUT2D eigenvalue weighted by atomic mass is 15.2. The van der Waals surface area contributed by atoms with E-state index >= 15 is 0 Å². The molecule has 0 amide bonds. The fourth-order valence-corrected chi connectivity index (χ4v) is 0.922. The Morgan fingerprint density at radius 2 is 1.79 bits per heavy atom. The van der Waals surface area contributed by atoms with Gasteiger partial charge in [-0.1, -0.05) is 20.8 Å². The maximum Gasteiger partial charge on any atom is 0.153 e. The number of aromatic nitrogens is 2. The molecular weight excluding hydrogens is 178 g/mol. The highest BCUT2D eigenvalue weighted by molar-refractivity contribution is 5.96. The molecule has 4 N–H and O–H groups in total. The van der Waals surface area contributed by atoms with Gasteiger partial charge in [0.1, 0.15) is 5.82 Å². The zero-order valence-electron chi connectivity index (χ0n) is 8.65. The molecule has 0 aromatic carbocycles. The second-order valence-corrected chi connectivity index (χ2v) is 4.06. The molecule has 76 valence electrons. The van der Waals surface area contributed by atoms with Crippen LogP contribution in [0.3, 0.4) is 0 Å². The summed E-state index contributed by atoms with van der Waals surface area (Å²) in [6.07, 6.45) is 3.25. The van der Waals surface area contributed by atoms with Gasteiger partial charge in [0.05, 0.1) is 5.56 Å². The first kappa shape index (κ1) is 10.4. The van der Waals surface area contributed by atoms with Crippen molar-refractivity contribution >= 4 is 5.84 Å². The van der Waals surface area contributed by atoms with Crippen LogP contribution >= 0.6 is 0 Å². The largest absolute Gasteiger partial charge is 0.382 e. The summed E-state index contributed by atoms with van der Waals surface area (Å²) in [5.74, 6) is 6.05. The fourth-order valence-electron chi connectivity index (χ4n) is 0.922. The highest BCUT2D eigenvalue weighted by Gasteiger charge is 2.16. The predicted octanol–water partition coefficient (Wildman–Crippen LogP) is 0.353. The van der Waals surface area contributed by atoms with Crippen LogP contribution in [-0.2, 0) is 5.41 Å². The third-order valence-corrected chi connectivity index (χ3v) is 1.76. The molecule has 0 saturated carbocycles. The maximum atomic E-state index is 5.50. The summed E-state index contributed by atoms with van der Waals surface area (Å²) in [6, 6.07) is 0. The van der Waals surface area contributed by atoms with Gasteiger partial charge >= 0.3 is 0 Å². The number of nitrogens with two attached hydrogens (primary N) is 2. The average Bonchev–Trinajstić information content (AvgIpc) is 2.15. The summed E-state index contributed by atoms with van der Waals surface area (Å²) in [4.78, 5) is 8.38. The first-order valence-electron chi connectivity index (χ1n) is 4.31. The summed E-state index contributed by atoms with van der Waals surface area (Å²) in [5.41, 5.74) is 6.08. The molecule has 0 atom stereocenters. The Morgan fingerprint density at radius 3 is 2.14 bits per heavy atom. The van der Waals surface area contributed by atoms with E-state index in [2.05, 4.69) is 15.1 Å². The van der Waals surface area contributed by atoms with Gasteiger partial charge in [0.15, 0.2) is 5.84 Å². The molecule has 14 heavy (non-hydrogen) atoms. The van der Waals surface area contributed by atoms with Crippen molar-refractivity contribution in [3.63, 3.8) is 0 Å². The topological polar surface area (TPSA) is 90.2 Å². The smallest absolute Gasteiger partial charge is 0.153 e. The molecule has 0 aliphatic rings. The molecule has 1 heterocycles. The molecule has 0 fully saturated rings. The summed E-state index contributed by atoms with van der Waals surface area (Å²) >= 11 is 0. The molecule has 1 aromatic heterocycles. The van der Waals surface area contributed by atoms with Crippen LogP contribution in [0.2, 0.25) is 0 Å². The van der Waals surface area contributed by atoms with Gasteiger partial charge in [-0.15, -0.1) is 0 Å². The van der Waals surface area contributed by atoms with Crippen molar-refractivity contribution in [1.82, 2.24) is 9.97 Å². The van der Waals surface area contributed by atoms with E-state index in [1.165, 1.54) is 0 Å². The van der Waals surface area contributed by atoms with Crippen LogP contribution in [0.5, 0.6) is 0 Å². The van der Waals surface area contributed by atoms with Gasteiger partial charge in [0.25, 0.3) is 0 Å². The number of hydrazone groups is 1. The minimum atomic E-state index is -0.0624. The van der Waals surface area contributed by atoms with Crippen LogP contribution in [0, 0.1) is 0 Å². The molecule has 1 rings (SSSR count). The van der Waals surface area contributed by atoms with Crippen LogP contribution in [0.4, 0.5) is 0 Å². The second-order valence-electron chi connectivity index (χ2n) is 4.06. The van der Waals surface area contributed by atoms with Crippen molar-refractivity contribution in [2.45, 2.75) is 26.2 Å². The van der Waals surface area contributed by atoms with Crippen molar-refractivity contribution in [2.75, 3.05) is 0 Å². The predicted molar refractivity (Wildman–Crippen MR) is 55.6 cm³/mol. The van der Waals surface area contributed by atoms with Crippen LogP contribution in [-0.4, -0.2) is 15.8 Å². The van der Waals surface area contributed by atoms with E-state index in [4.69, 9.17) is 11.6 Å². The van der Waals surface area contributed by atoms with Crippen molar-refractivity contribution in [2.24, 2.45) is 16.7 Å². The van der Waals surface area contributed by atoms with Crippen molar-refractivity contribution in [1.29, 1.82) is 0 Å². The lowest BCUT2D eigenvalue weighted by Crippen LogP contribution is -2.19. The zero-order valence-corrected chi connectivity index (χ0v) is 8.65. The monoisotopic (exact) mass is 193 g/mol. The van der Waals surface area contributed by atoms with Crippen LogP contribution in [0.1, 0.15) is 32.2 Å². The van der Waals surface area contributed by atoms with E-state index < -0.39 is 0 Å². The van der Waals surface area contributed by atoms with E-state index in [1.807, 2.05) is 20.8 Å². The van der Waals surface area contributed by atoms with Gasteiger partial charge in [0.2, 0.25) is 0 Å². The molecular formula is C9H15N5. The Kier molecular flexibility index (Phi) is 2.69. The Balaban J connectivity index is 3.01. The van der Waals surface area contributed by atoms with Crippen LogP contribution in [0.15, 0.2) is 17.5 Å². The van der Waals surface area contributed by atoms with Crippen molar-refractivity contribution in [3.8, 4) is 0 Å². The molecule has 0 bridgehead atoms. The third kappa shape index (κ3) is 2.18. The first-order valence-corrected chi connectivity index (χ1v) is 4.31. The van der Waals surface area contributed by atoms with E-state index in [0.29, 0.717) is 5.56 Å². The molecule has 0 aliphatic carbocycles. The second kappa shape index (κ2) is 3.61. The lowest BCUT2D eigenvalue weighted by Gasteiger charge is -2.15. The number of hydrogen-bond donors (Lipinski definition) is 2. The summed E-state index contributed by atoms with van der Waals surface area (Å²) in [6.45, 7) is 6.13. The van der Waals surface area contributed by atoms with Gasteiger partial charge < -0.3 is 11.6 Å². The summed E-state index contributed by atoms with van der Waals surface area (Å²) in [7, 11) is 0. The molecule has 0 saturated heterocycles. The van der Waals surface area contributed by atoms with E-state index in [9.17, 15) is 0 Å². The zero-order chi connectivity index (χ0) is 10.8. The number of rotatable bonds is 1. The highest BCUT2D eigenvalue weighted by Crippen LogP contribution is 2.16. The van der Waals surface area contributed by atoms with Crippen molar-refractivity contribution in [3.05, 3.63) is 23.8 Å². The van der Waals surface area contributed by atoms with E-state index in [0.717, 1.165) is 5.82 Å². The normalized spacial score (nSPS) is 12.9. The van der Waals surface area contributed by atoms with Gasteiger partial charge in [-0.3, -0.25) is 0 Å². The Hall–Kier alpha value is -1.65. The molecule has 1 aromatic rings. The molecule has 0 spiro atoms. The van der Waals surface area contributed by atoms with Crippen LogP contribution < -0.4 is 11.6 Å². The van der Waals surface area contributed by atoms with Crippen molar-refractivity contribution < 1.29 is 0 Å². The third-order valence-electron chi connectivity index (χ3n) is 1.76. The average molecular weight is 193 g/mol. The lowest BCUT2D eigenvalue weighted by atomic mass is 9.96. The number of nitrogens with zero attached hydrogens (tertiary/aromatic N) is 3. The van der Waals surface area contributed by atoms with Gasteiger partial charge in [-0.2, -0.15) is 5.10 Å². The minimum absolute atomic E-state index is 0.0624. The molecule has 5 heteroatoms. The SMILES string of the molecule is CC(C)(C)c1ncc(/C(N)=N/N)cn1. The molecule has 0 unspecified atom stereocenters. The quantitative estimate of drug-likeness (QED) is 0.291. The molecule has 5 nitrogen and oxygen atoms in total. The Labute approximate surface area is 83.2 Å².